The van der Waals surface area contributed by atoms with E-state index in [1.54, 1.807) is 18.9 Å². The molecule has 0 radical (unpaired) electrons. The molecule has 1 aromatic rings. The lowest BCUT2D eigenvalue weighted by molar-refractivity contribution is -0.141. The SMILES string of the molecule is CC(CN(C)c1ccc(C(F)(F)F)nn1)C(=N)N. The van der Waals surface area contributed by atoms with Gasteiger partial charge in [-0.2, -0.15) is 13.2 Å². The number of hydrogen-bond donors (Lipinski definition) is 2. The lowest BCUT2D eigenvalue weighted by Crippen LogP contribution is -2.32. The summed E-state index contributed by atoms with van der Waals surface area (Å²) in [5.74, 6) is 0.108. The van der Waals surface area contributed by atoms with E-state index in [0.717, 1.165) is 6.07 Å². The van der Waals surface area contributed by atoms with Gasteiger partial charge in [0.2, 0.25) is 0 Å². The number of amidine groups is 1. The van der Waals surface area contributed by atoms with Crippen molar-refractivity contribution in [2.75, 3.05) is 18.5 Å². The third kappa shape index (κ3) is 3.57. The molecule has 1 atom stereocenters. The second-order valence-electron chi connectivity index (χ2n) is 4.01. The minimum Gasteiger partial charge on any atom is -0.387 e. The van der Waals surface area contributed by atoms with Gasteiger partial charge in [0, 0.05) is 19.5 Å². The van der Waals surface area contributed by atoms with E-state index in [4.69, 9.17) is 11.1 Å². The van der Waals surface area contributed by atoms with E-state index in [1.165, 1.54) is 6.07 Å². The van der Waals surface area contributed by atoms with E-state index >= 15 is 0 Å². The number of rotatable bonds is 4. The zero-order chi connectivity index (χ0) is 13.9. The fraction of sp³-hybridized carbons (Fsp3) is 0.500. The van der Waals surface area contributed by atoms with Gasteiger partial charge < -0.3 is 10.6 Å². The molecule has 1 aromatic heterocycles. The second kappa shape index (κ2) is 5.19. The summed E-state index contributed by atoms with van der Waals surface area (Å²) in [7, 11) is 1.65. The smallest absolute Gasteiger partial charge is 0.387 e. The molecular weight excluding hydrogens is 247 g/mol. The number of anilines is 1. The molecule has 1 heterocycles. The Morgan fingerprint density at radius 1 is 1.44 bits per heavy atom. The van der Waals surface area contributed by atoms with Crippen molar-refractivity contribution >= 4 is 11.7 Å². The first-order valence-electron chi connectivity index (χ1n) is 5.17. The summed E-state index contributed by atoms with van der Waals surface area (Å²) in [6.07, 6.45) is -4.49. The van der Waals surface area contributed by atoms with Gasteiger partial charge in [0.15, 0.2) is 11.5 Å². The van der Waals surface area contributed by atoms with Crippen molar-refractivity contribution < 1.29 is 13.2 Å². The number of nitrogens with two attached hydrogens (primary N) is 1. The Labute approximate surface area is 102 Å². The summed E-state index contributed by atoms with van der Waals surface area (Å²) in [4.78, 5) is 1.60. The van der Waals surface area contributed by atoms with E-state index in [0.29, 0.717) is 12.4 Å². The third-order valence-electron chi connectivity index (χ3n) is 2.41. The monoisotopic (exact) mass is 261 g/mol. The maximum absolute atomic E-state index is 12.3. The highest BCUT2D eigenvalue weighted by Crippen LogP contribution is 2.27. The quantitative estimate of drug-likeness (QED) is 0.636. The molecule has 0 fully saturated rings. The molecule has 0 aliphatic heterocycles. The van der Waals surface area contributed by atoms with Crippen molar-refractivity contribution in [3.05, 3.63) is 17.8 Å². The number of nitrogens with one attached hydrogen (secondary N) is 1. The van der Waals surface area contributed by atoms with Gasteiger partial charge in [-0.15, -0.1) is 10.2 Å². The summed E-state index contributed by atoms with van der Waals surface area (Å²) in [6.45, 7) is 2.13. The van der Waals surface area contributed by atoms with Crippen LogP contribution in [0.4, 0.5) is 19.0 Å². The minimum atomic E-state index is -4.49. The van der Waals surface area contributed by atoms with Gasteiger partial charge in [-0.05, 0) is 12.1 Å². The van der Waals surface area contributed by atoms with E-state index in [1.807, 2.05) is 0 Å². The van der Waals surface area contributed by atoms with Crippen LogP contribution < -0.4 is 10.6 Å². The van der Waals surface area contributed by atoms with Crippen molar-refractivity contribution in [3.8, 4) is 0 Å². The zero-order valence-electron chi connectivity index (χ0n) is 9.99. The molecule has 0 aliphatic rings. The largest absolute Gasteiger partial charge is 0.435 e. The van der Waals surface area contributed by atoms with Gasteiger partial charge in [0.25, 0.3) is 0 Å². The van der Waals surface area contributed by atoms with E-state index < -0.39 is 11.9 Å². The normalized spacial score (nSPS) is 13.2. The second-order valence-corrected chi connectivity index (χ2v) is 4.01. The van der Waals surface area contributed by atoms with Crippen molar-refractivity contribution in [3.63, 3.8) is 0 Å². The van der Waals surface area contributed by atoms with Gasteiger partial charge in [0.1, 0.15) is 0 Å². The van der Waals surface area contributed by atoms with Crippen LogP contribution in [-0.4, -0.2) is 29.6 Å². The molecule has 5 nitrogen and oxygen atoms in total. The maximum Gasteiger partial charge on any atom is 0.435 e. The lowest BCUT2D eigenvalue weighted by Gasteiger charge is -2.21. The molecule has 100 valence electrons. The molecule has 0 aliphatic carbocycles. The summed E-state index contributed by atoms with van der Waals surface area (Å²) < 4.78 is 36.8. The number of aromatic nitrogens is 2. The summed E-state index contributed by atoms with van der Waals surface area (Å²) in [5, 5.41) is 13.9. The maximum atomic E-state index is 12.3. The average molecular weight is 261 g/mol. The topological polar surface area (TPSA) is 78.9 Å². The van der Waals surface area contributed by atoms with E-state index in [-0.39, 0.29) is 11.8 Å². The van der Waals surface area contributed by atoms with Gasteiger partial charge in [-0.25, -0.2) is 0 Å². The Balaban J connectivity index is 2.76. The number of halogens is 3. The van der Waals surface area contributed by atoms with Crippen LogP contribution in [0.25, 0.3) is 0 Å². The predicted octanol–water partition coefficient (Wildman–Crippen LogP) is 1.50. The summed E-state index contributed by atoms with van der Waals surface area (Å²) in [6, 6.07) is 2.11. The van der Waals surface area contributed by atoms with Crippen LogP contribution in [0.2, 0.25) is 0 Å². The molecule has 0 aromatic carbocycles. The standard InChI is InChI=1S/C10H14F3N5/c1-6(9(14)15)5-18(2)8-4-3-7(16-17-8)10(11,12)13/h3-4,6H,5H2,1-2H3,(H3,14,15). The summed E-state index contributed by atoms with van der Waals surface area (Å²) in [5.41, 5.74) is 4.29. The number of hydrogen-bond acceptors (Lipinski definition) is 4. The highest BCUT2D eigenvalue weighted by Gasteiger charge is 2.33. The van der Waals surface area contributed by atoms with Gasteiger partial charge in [-0.3, -0.25) is 5.41 Å². The highest BCUT2D eigenvalue weighted by molar-refractivity contribution is 5.79. The van der Waals surface area contributed by atoms with Crippen LogP contribution in [0, 0.1) is 11.3 Å². The fourth-order valence-corrected chi connectivity index (χ4v) is 1.28. The van der Waals surface area contributed by atoms with Gasteiger partial charge in [-0.1, -0.05) is 6.92 Å². The molecule has 0 saturated carbocycles. The van der Waals surface area contributed by atoms with Crippen molar-refractivity contribution in [2.45, 2.75) is 13.1 Å². The van der Waals surface area contributed by atoms with Crippen LogP contribution in [-0.2, 0) is 6.18 Å². The highest BCUT2D eigenvalue weighted by atomic mass is 19.4. The van der Waals surface area contributed by atoms with Crippen molar-refractivity contribution in [2.24, 2.45) is 11.7 Å². The van der Waals surface area contributed by atoms with Crippen LogP contribution in [0.15, 0.2) is 12.1 Å². The minimum absolute atomic E-state index is 0.0155. The van der Waals surface area contributed by atoms with Crippen LogP contribution in [0.3, 0.4) is 0 Å². The molecule has 0 spiro atoms. The Hall–Kier alpha value is -1.86. The average Bonchev–Trinajstić information content (AvgIpc) is 2.27. The van der Waals surface area contributed by atoms with Gasteiger partial charge >= 0.3 is 6.18 Å². The Morgan fingerprint density at radius 3 is 2.44 bits per heavy atom. The molecule has 1 unspecified atom stereocenters. The Kier molecular flexibility index (Phi) is 4.10. The first-order valence-corrected chi connectivity index (χ1v) is 5.17. The van der Waals surface area contributed by atoms with Crippen LogP contribution >= 0.6 is 0 Å². The molecule has 8 heteroatoms. The van der Waals surface area contributed by atoms with Gasteiger partial charge in [0.05, 0.1) is 5.84 Å². The molecule has 0 bridgehead atoms. The zero-order valence-corrected chi connectivity index (χ0v) is 9.99. The lowest BCUT2D eigenvalue weighted by atomic mass is 10.1. The molecule has 18 heavy (non-hydrogen) atoms. The van der Waals surface area contributed by atoms with Crippen molar-refractivity contribution in [1.82, 2.24) is 10.2 Å². The Bertz CT molecular complexity index is 415. The first kappa shape index (κ1) is 14.2. The third-order valence-corrected chi connectivity index (χ3v) is 2.41. The molecule has 3 N–H and O–H groups in total. The van der Waals surface area contributed by atoms with Crippen LogP contribution in [0.1, 0.15) is 12.6 Å². The fourth-order valence-electron chi connectivity index (χ4n) is 1.28. The van der Waals surface area contributed by atoms with Crippen molar-refractivity contribution in [1.29, 1.82) is 5.41 Å². The molecular formula is C10H14F3N5. The number of nitrogens with zero attached hydrogens (tertiary/aromatic N) is 3. The molecule has 0 amide bonds. The number of alkyl halides is 3. The van der Waals surface area contributed by atoms with E-state index in [2.05, 4.69) is 10.2 Å². The van der Waals surface area contributed by atoms with Crippen LogP contribution in [0.5, 0.6) is 0 Å². The predicted molar refractivity (Wildman–Crippen MR) is 61.4 cm³/mol. The Morgan fingerprint density at radius 2 is 2.06 bits per heavy atom. The molecule has 0 saturated heterocycles. The first-order chi connectivity index (χ1) is 8.21. The van der Waals surface area contributed by atoms with E-state index in [9.17, 15) is 13.2 Å². The summed E-state index contributed by atoms with van der Waals surface area (Å²) >= 11 is 0. The molecule has 1 rings (SSSR count).